The van der Waals surface area contributed by atoms with Crippen molar-refractivity contribution in [3.63, 3.8) is 0 Å². The molecule has 0 radical (unpaired) electrons. The van der Waals surface area contributed by atoms with Crippen LogP contribution in [0.1, 0.15) is 57.9 Å². The molecular formula is C15H28N4O. The predicted octanol–water partition coefficient (Wildman–Crippen LogP) is 2.77. The summed E-state index contributed by atoms with van der Waals surface area (Å²) < 4.78 is 1.69. The van der Waals surface area contributed by atoms with Gasteiger partial charge in [0.2, 0.25) is 0 Å². The molecule has 5 heteroatoms. The summed E-state index contributed by atoms with van der Waals surface area (Å²) in [6.45, 7) is 11.9. The van der Waals surface area contributed by atoms with Crippen LogP contribution in [0.15, 0.2) is 6.20 Å². The van der Waals surface area contributed by atoms with E-state index in [1.54, 1.807) is 10.9 Å². The molecule has 1 amide bonds. The van der Waals surface area contributed by atoms with Crippen molar-refractivity contribution in [2.45, 2.75) is 60.0 Å². The molecule has 0 aromatic carbocycles. The molecular weight excluding hydrogens is 252 g/mol. The van der Waals surface area contributed by atoms with Gasteiger partial charge in [0.05, 0.1) is 11.9 Å². The molecule has 114 valence electrons. The summed E-state index contributed by atoms with van der Waals surface area (Å²) in [6.07, 6.45) is 3.47. The molecule has 2 N–H and O–H groups in total. The molecule has 1 rings (SSSR count). The van der Waals surface area contributed by atoms with Crippen LogP contribution in [0.3, 0.4) is 0 Å². The highest BCUT2D eigenvalue weighted by molar-refractivity contribution is 5.97. The number of hydrogen-bond acceptors (Lipinski definition) is 3. The molecule has 20 heavy (non-hydrogen) atoms. The Morgan fingerprint density at radius 2 is 1.95 bits per heavy atom. The number of nitrogen functional groups attached to an aromatic ring is 1. The van der Waals surface area contributed by atoms with Gasteiger partial charge in [-0.15, -0.1) is 0 Å². The van der Waals surface area contributed by atoms with Crippen molar-refractivity contribution in [3.8, 4) is 0 Å². The molecule has 0 aliphatic heterocycles. The number of amides is 1. The summed E-state index contributed by atoms with van der Waals surface area (Å²) in [5, 5.41) is 4.17. The first kappa shape index (κ1) is 16.5. The van der Waals surface area contributed by atoms with Crippen molar-refractivity contribution in [1.29, 1.82) is 0 Å². The minimum atomic E-state index is 0.00394. The van der Waals surface area contributed by atoms with E-state index in [2.05, 4.69) is 32.8 Å². The van der Waals surface area contributed by atoms with E-state index in [-0.39, 0.29) is 11.9 Å². The number of rotatable bonds is 7. The lowest BCUT2D eigenvalue weighted by Crippen LogP contribution is -2.43. The lowest BCUT2D eigenvalue weighted by molar-refractivity contribution is 0.0628. The van der Waals surface area contributed by atoms with Gasteiger partial charge in [0.1, 0.15) is 5.69 Å². The maximum Gasteiger partial charge on any atom is 0.274 e. The van der Waals surface area contributed by atoms with Crippen molar-refractivity contribution >= 4 is 11.6 Å². The van der Waals surface area contributed by atoms with Crippen LogP contribution in [-0.2, 0) is 6.54 Å². The SMILES string of the molecule is CCC(CC)N(CC(C)C)C(=O)c1c(N)cnn1CC. The third-order valence-corrected chi connectivity index (χ3v) is 3.58. The third-order valence-electron chi connectivity index (χ3n) is 3.58. The van der Waals surface area contributed by atoms with E-state index >= 15 is 0 Å². The second-order valence-corrected chi connectivity index (χ2v) is 5.59. The zero-order valence-corrected chi connectivity index (χ0v) is 13.4. The Hall–Kier alpha value is -1.52. The van der Waals surface area contributed by atoms with Crippen LogP contribution in [0, 0.1) is 5.92 Å². The van der Waals surface area contributed by atoms with Crippen molar-refractivity contribution in [2.75, 3.05) is 12.3 Å². The Morgan fingerprint density at radius 3 is 2.40 bits per heavy atom. The lowest BCUT2D eigenvalue weighted by Gasteiger charge is -2.32. The zero-order valence-electron chi connectivity index (χ0n) is 13.4. The average Bonchev–Trinajstić information content (AvgIpc) is 2.78. The quantitative estimate of drug-likeness (QED) is 0.835. The number of anilines is 1. The standard InChI is InChI=1S/C15H28N4O/c1-6-12(7-2)18(10-11(4)5)15(20)14-13(16)9-17-19(14)8-3/h9,11-12H,6-8,10,16H2,1-5H3. The first-order valence-corrected chi connectivity index (χ1v) is 7.58. The summed E-state index contributed by atoms with van der Waals surface area (Å²) in [5.74, 6) is 0.433. The molecule has 1 heterocycles. The molecule has 1 aromatic rings. The number of hydrogen-bond donors (Lipinski definition) is 1. The monoisotopic (exact) mass is 280 g/mol. The van der Waals surface area contributed by atoms with Gasteiger partial charge in [-0.05, 0) is 25.7 Å². The number of carbonyl (C=O) groups excluding carboxylic acids is 1. The highest BCUT2D eigenvalue weighted by Crippen LogP contribution is 2.19. The van der Waals surface area contributed by atoms with Crippen molar-refractivity contribution in [3.05, 3.63) is 11.9 Å². The first-order valence-electron chi connectivity index (χ1n) is 7.58. The molecule has 0 unspecified atom stereocenters. The van der Waals surface area contributed by atoms with Gasteiger partial charge < -0.3 is 10.6 Å². The fourth-order valence-corrected chi connectivity index (χ4v) is 2.53. The van der Waals surface area contributed by atoms with Crippen LogP contribution in [0.4, 0.5) is 5.69 Å². The predicted molar refractivity (Wildman–Crippen MR) is 82.6 cm³/mol. The summed E-state index contributed by atoms with van der Waals surface area (Å²) in [7, 11) is 0. The average molecular weight is 280 g/mol. The second-order valence-electron chi connectivity index (χ2n) is 5.59. The molecule has 1 aromatic heterocycles. The molecule has 0 atom stereocenters. The van der Waals surface area contributed by atoms with E-state index in [0.29, 0.717) is 23.8 Å². The lowest BCUT2D eigenvalue weighted by atomic mass is 10.1. The molecule has 0 bridgehead atoms. The summed E-state index contributed by atoms with van der Waals surface area (Å²) in [6, 6.07) is 0.254. The Kier molecular flexibility index (Phi) is 6.05. The van der Waals surface area contributed by atoms with Crippen molar-refractivity contribution in [1.82, 2.24) is 14.7 Å². The Labute approximate surface area is 122 Å². The van der Waals surface area contributed by atoms with E-state index in [1.807, 2.05) is 11.8 Å². The number of aryl methyl sites for hydroxylation is 1. The topological polar surface area (TPSA) is 64.2 Å². The minimum Gasteiger partial charge on any atom is -0.396 e. The van der Waals surface area contributed by atoms with E-state index in [1.165, 1.54) is 0 Å². The van der Waals surface area contributed by atoms with Gasteiger partial charge in [-0.1, -0.05) is 27.7 Å². The van der Waals surface area contributed by atoms with E-state index in [4.69, 9.17) is 5.73 Å². The number of aromatic nitrogens is 2. The van der Waals surface area contributed by atoms with Gasteiger partial charge in [0.25, 0.3) is 5.91 Å². The van der Waals surface area contributed by atoms with Gasteiger partial charge in [-0.2, -0.15) is 5.10 Å². The molecule has 0 fully saturated rings. The Bertz CT molecular complexity index is 435. The summed E-state index contributed by atoms with van der Waals surface area (Å²) in [4.78, 5) is 14.8. The van der Waals surface area contributed by atoms with Crippen LogP contribution in [0.25, 0.3) is 0 Å². The van der Waals surface area contributed by atoms with E-state index in [0.717, 1.165) is 19.4 Å². The zero-order chi connectivity index (χ0) is 15.3. The number of carbonyl (C=O) groups is 1. The molecule has 0 spiro atoms. The summed E-state index contributed by atoms with van der Waals surface area (Å²) in [5.41, 5.74) is 6.94. The maximum atomic E-state index is 12.9. The van der Waals surface area contributed by atoms with Crippen LogP contribution in [-0.4, -0.2) is 33.2 Å². The normalized spacial score (nSPS) is 11.3. The van der Waals surface area contributed by atoms with Crippen LogP contribution in [0.5, 0.6) is 0 Å². The smallest absolute Gasteiger partial charge is 0.274 e. The second kappa shape index (κ2) is 7.31. The molecule has 0 saturated heterocycles. The van der Waals surface area contributed by atoms with E-state index < -0.39 is 0 Å². The largest absolute Gasteiger partial charge is 0.396 e. The van der Waals surface area contributed by atoms with Crippen LogP contribution < -0.4 is 5.73 Å². The third kappa shape index (κ3) is 3.52. The highest BCUT2D eigenvalue weighted by Gasteiger charge is 2.27. The first-order chi connectivity index (χ1) is 9.46. The Morgan fingerprint density at radius 1 is 1.35 bits per heavy atom. The molecule has 0 saturated carbocycles. The maximum absolute atomic E-state index is 12.9. The molecule has 0 aliphatic rings. The van der Waals surface area contributed by atoms with Crippen LogP contribution in [0.2, 0.25) is 0 Å². The van der Waals surface area contributed by atoms with E-state index in [9.17, 15) is 4.79 Å². The Balaban J connectivity index is 3.12. The van der Waals surface area contributed by atoms with Gasteiger partial charge in [0.15, 0.2) is 0 Å². The minimum absolute atomic E-state index is 0.00394. The van der Waals surface area contributed by atoms with Crippen LogP contribution >= 0.6 is 0 Å². The van der Waals surface area contributed by atoms with Gasteiger partial charge in [-0.3, -0.25) is 9.48 Å². The number of nitrogens with two attached hydrogens (primary N) is 1. The molecule has 0 aliphatic carbocycles. The number of nitrogens with zero attached hydrogens (tertiary/aromatic N) is 3. The fraction of sp³-hybridized carbons (Fsp3) is 0.733. The van der Waals surface area contributed by atoms with Gasteiger partial charge >= 0.3 is 0 Å². The van der Waals surface area contributed by atoms with Crippen molar-refractivity contribution in [2.24, 2.45) is 5.92 Å². The fourth-order valence-electron chi connectivity index (χ4n) is 2.53. The highest BCUT2D eigenvalue weighted by atomic mass is 16.2. The van der Waals surface area contributed by atoms with Gasteiger partial charge in [-0.25, -0.2) is 0 Å². The molecule has 5 nitrogen and oxygen atoms in total. The van der Waals surface area contributed by atoms with Crippen molar-refractivity contribution < 1.29 is 4.79 Å². The summed E-state index contributed by atoms with van der Waals surface area (Å²) >= 11 is 0. The van der Waals surface area contributed by atoms with Gasteiger partial charge in [0, 0.05) is 19.1 Å².